The summed E-state index contributed by atoms with van der Waals surface area (Å²) in [4.78, 5) is 10.6. The molecule has 5 nitrogen and oxygen atoms in total. The van der Waals surface area contributed by atoms with Crippen molar-refractivity contribution in [2.24, 2.45) is 5.92 Å². The molecule has 1 aromatic carbocycles. The Labute approximate surface area is 106 Å². The first kappa shape index (κ1) is 12.7. The fourth-order valence-electron chi connectivity index (χ4n) is 2.23. The van der Waals surface area contributed by atoms with Gasteiger partial charge in [-0.15, -0.1) is 0 Å². The van der Waals surface area contributed by atoms with Crippen molar-refractivity contribution in [3.63, 3.8) is 0 Å². The summed E-state index contributed by atoms with van der Waals surface area (Å²) in [5.74, 6) is 1.29. The summed E-state index contributed by atoms with van der Waals surface area (Å²) < 4.78 is 5.10. The minimum atomic E-state index is -0.362. The van der Waals surface area contributed by atoms with Gasteiger partial charge in [0.25, 0.3) is 5.69 Å². The van der Waals surface area contributed by atoms with Crippen LogP contribution in [0.4, 0.5) is 11.4 Å². The largest absolute Gasteiger partial charge is 0.497 e. The molecule has 1 saturated carbocycles. The molecule has 2 rings (SSSR count). The van der Waals surface area contributed by atoms with Crippen molar-refractivity contribution in [1.82, 2.24) is 0 Å². The van der Waals surface area contributed by atoms with Gasteiger partial charge in [0.2, 0.25) is 0 Å². The van der Waals surface area contributed by atoms with E-state index in [1.54, 1.807) is 19.2 Å². The number of benzene rings is 1. The predicted molar refractivity (Wildman–Crippen MR) is 70.1 cm³/mol. The molecule has 0 heterocycles. The third-order valence-electron chi connectivity index (χ3n) is 3.32. The zero-order chi connectivity index (χ0) is 13.1. The van der Waals surface area contributed by atoms with Gasteiger partial charge < -0.3 is 10.1 Å². The Morgan fingerprint density at radius 1 is 1.56 bits per heavy atom. The number of nitrogens with one attached hydrogen (secondary N) is 1. The monoisotopic (exact) mass is 250 g/mol. The minimum absolute atomic E-state index is 0.109. The number of nitrogens with zero attached hydrogens (tertiary/aromatic N) is 1. The molecule has 18 heavy (non-hydrogen) atoms. The number of ether oxygens (including phenoxy) is 1. The third kappa shape index (κ3) is 2.72. The summed E-state index contributed by atoms with van der Waals surface area (Å²) in [6.07, 6.45) is 3.43. The maximum Gasteiger partial charge on any atom is 0.292 e. The van der Waals surface area contributed by atoms with E-state index >= 15 is 0 Å². The number of hydrogen-bond donors (Lipinski definition) is 1. The van der Waals surface area contributed by atoms with Crippen LogP contribution in [0.3, 0.4) is 0 Å². The zero-order valence-corrected chi connectivity index (χ0v) is 10.7. The molecular formula is C13H18N2O3. The second kappa shape index (κ2) is 5.25. The average molecular weight is 250 g/mol. The van der Waals surface area contributed by atoms with Crippen LogP contribution >= 0.6 is 0 Å². The van der Waals surface area contributed by atoms with Crippen molar-refractivity contribution in [3.8, 4) is 5.75 Å². The normalized spacial score (nSPS) is 21.4. The molecule has 2 atom stereocenters. The summed E-state index contributed by atoms with van der Waals surface area (Å²) in [6.45, 7) is 2.16. The molecule has 0 saturated heterocycles. The zero-order valence-electron chi connectivity index (χ0n) is 10.7. The summed E-state index contributed by atoms with van der Waals surface area (Å²) >= 11 is 0. The summed E-state index contributed by atoms with van der Waals surface area (Å²) in [5.41, 5.74) is 0.668. The number of methoxy groups -OCH3 is 1. The fraction of sp³-hybridized carbons (Fsp3) is 0.538. The quantitative estimate of drug-likeness (QED) is 0.622. The van der Waals surface area contributed by atoms with Crippen molar-refractivity contribution >= 4 is 11.4 Å². The molecule has 0 amide bonds. The lowest BCUT2D eigenvalue weighted by Crippen LogP contribution is -2.07. The first-order valence-electron chi connectivity index (χ1n) is 6.24. The van der Waals surface area contributed by atoms with Crippen LogP contribution in [0, 0.1) is 16.0 Å². The first-order valence-corrected chi connectivity index (χ1v) is 6.24. The highest BCUT2D eigenvalue weighted by atomic mass is 16.6. The Hall–Kier alpha value is -1.78. The Morgan fingerprint density at radius 3 is 2.94 bits per heavy atom. The van der Waals surface area contributed by atoms with Crippen LogP contribution in [0.15, 0.2) is 18.2 Å². The molecule has 0 bridgehead atoms. The van der Waals surface area contributed by atoms with Crippen LogP contribution in [0.25, 0.3) is 0 Å². The molecule has 1 fully saturated rings. The van der Waals surface area contributed by atoms with E-state index in [0.717, 1.165) is 12.8 Å². The fourth-order valence-corrected chi connectivity index (χ4v) is 2.23. The number of nitro groups is 1. The minimum Gasteiger partial charge on any atom is -0.497 e. The molecule has 0 aromatic heterocycles. The standard InChI is InChI=1S/C13H18N2O3/c1-3-4-9-7-11(9)14-12-8-10(18-2)5-6-13(12)15(16)17/h5-6,8-9,11,14H,3-4,7H2,1-2H3. The van der Waals surface area contributed by atoms with E-state index in [9.17, 15) is 10.1 Å². The van der Waals surface area contributed by atoms with E-state index < -0.39 is 0 Å². The molecule has 98 valence electrons. The number of nitro benzene ring substituents is 1. The predicted octanol–water partition coefficient (Wildman–Crippen LogP) is 3.20. The smallest absolute Gasteiger partial charge is 0.292 e. The molecule has 0 radical (unpaired) electrons. The van der Waals surface area contributed by atoms with Crippen molar-refractivity contribution in [2.45, 2.75) is 32.2 Å². The molecule has 1 aromatic rings. The molecule has 5 heteroatoms. The molecule has 2 unspecified atom stereocenters. The van der Waals surface area contributed by atoms with Gasteiger partial charge in [-0.1, -0.05) is 13.3 Å². The van der Waals surface area contributed by atoms with E-state index in [1.807, 2.05) is 0 Å². The molecule has 0 spiro atoms. The lowest BCUT2D eigenvalue weighted by molar-refractivity contribution is -0.384. The molecule has 1 N–H and O–H groups in total. The van der Waals surface area contributed by atoms with Crippen molar-refractivity contribution in [1.29, 1.82) is 0 Å². The van der Waals surface area contributed by atoms with Gasteiger partial charge in [0, 0.05) is 18.2 Å². The average Bonchev–Trinajstić information content (AvgIpc) is 3.07. The lowest BCUT2D eigenvalue weighted by Gasteiger charge is -2.08. The Balaban J connectivity index is 2.12. The van der Waals surface area contributed by atoms with Gasteiger partial charge in [-0.2, -0.15) is 0 Å². The topological polar surface area (TPSA) is 64.4 Å². The van der Waals surface area contributed by atoms with E-state index in [0.29, 0.717) is 23.4 Å². The number of anilines is 1. The van der Waals surface area contributed by atoms with Crippen LogP contribution in [0.5, 0.6) is 5.75 Å². The maximum absolute atomic E-state index is 11.0. The second-order valence-electron chi connectivity index (χ2n) is 4.68. The summed E-state index contributed by atoms with van der Waals surface area (Å²) in [6, 6.07) is 5.16. The van der Waals surface area contributed by atoms with Crippen LogP contribution in [-0.4, -0.2) is 18.1 Å². The van der Waals surface area contributed by atoms with Crippen molar-refractivity contribution in [2.75, 3.05) is 12.4 Å². The highest BCUT2D eigenvalue weighted by Crippen LogP contribution is 2.40. The van der Waals surface area contributed by atoms with Crippen LogP contribution in [-0.2, 0) is 0 Å². The SMILES string of the molecule is CCCC1CC1Nc1cc(OC)ccc1[N+](=O)[O-]. The van der Waals surface area contributed by atoms with Gasteiger partial charge in [0.15, 0.2) is 0 Å². The van der Waals surface area contributed by atoms with Gasteiger partial charge in [0.05, 0.1) is 12.0 Å². The Bertz CT molecular complexity index is 448. The maximum atomic E-state index is 11.0. The number of rotatable bonds is 6. The van der Waals surface area contributed by atoms with E-state index in [4.69, 9.17) is 4.74 Å². The molecule has 1 aliphatic carbocycles. The third-order valence-corrected chi connectivity index (χ3v) is 3.32. The highest BCUT2D eigenvalue weighted by molar-refractivity contribution is 5.65. The van der Waals surface area contributed by atoms with E-state index in [2.05, 4.69) is 12.2 Å². The molecular weight excluding hydrogens is 232 g/mol. The Morgan fingerprint density at radius 2 is 2.33 bits per heavy atom. The van der Waals surface area contributed by atoms with Gasteiger partial charge in [0.1, 0.15) is 11.4 Å². The van der Waals surface area contributed by atoms with Gasteiger partial charge >= 0.3 is 0 Å². The molecule has 0 aliphatic heterocycles. The van der Waals surface area contributed by atoms with E-state index in [1.165, 1.54) is 12.5 Å². The van der Waals surface area contributed by atoms with Crippen molar-refractivity contribution in [3.05, 3.63) is 28.3 Å². The van der Waals surface area contributed by atoms with Gasteiger partial charge in [-0.05, 0) is 24.8 Å². The van der Waals surface area contributed by atoms with Crippen LogP contribution in [0.1, 0.15) is 26.2 Å². The summed E-state index contributed by atoms with van der Waals surface area (Å²) in [5, 5.41) is 14.2. The molecule has 1 aliphatic rings. The van der Waals surface area contributed by atoms with Gasteiger partial charge in [-0.25, -0.2) is 0 Å². The van der Waals surface area contributed by atoms with Gasteiger partial charge in [-0.3, -0.25) is 10.1 Å². The summed E-state index contributed by atoms with van der Waals surface area (Å²) in [7, 11) is 1.56. The number of hydrogen-bond acceptors (Lipinski definition) is 4. The lowest BCUT2D eigenvalue weighted by atomic mass is 10.2. The Kier molecular flexibility index (Phi) is 3.69. The van der Waals surface area contributed by atoms with Crippen LogP contribution < -0.4 is 10.1 Å². The second-order valence-corrected chi connectivity index (χ2v) is 4.68. The first-order chi connectivity index (χ1) is 8.65. The van der Waals surface area contributed by atoms with E-state index in [-0.39, 0.29) is 10.6 Å². The van der Waals surface area contributed by atoms with Crippen molar-refractivity contribution < 1.29 is 9.66 Å². The highest BCUT2D eigenvalue weighted by Gasteiger charge is 2.37. The van der Waals surface area contributed by atoms with Crippen LogP contribution in [0.2, 0.25) is 0 Å².